The summed E-state index contributed by atoms with van der Waals surface area (Å²) in [5.41, 5.74) is 0. The number of esters is 1. The molecule has 0 heterocycles. The molecular formula is C49H93NO5. The van der Waals surface area contributed by atoms with Crippen LogP contribution in [0, 0.1) is 0 Å². The lowest BCUT2D eigenvalue weighted by atomic mass is 10.0. The topological polar surface area (TPSA) is 95.9 Å². The van der Waals surface area contributed by atoms with E-state index in [1.165, 1.54) is 141 Å². The molecular weight excluding hydrogens is 683 g/mol. The molecule has 6 nitrogen and oxygen atoms in total. The van der Waals surface area contributed by atoms with Crippen molar-refractivity contribution in [3.05, 3.63) is 24.3 Å². The Morgan fingerprint density at radius 1 is 0.491 bits per heavy atom. The van der Waals surface area contributed by atoms with Crippen LogP contribution in [0.5, 0.6) is 0 Å². The van der Waals surface area contributed by atoms with E-state index in [9.17, 15) is 19.8 Å². The predicted octanol–water partition coefficient (Wildman–Crippen LogP) is 14.0. The van der Waals surface area contributed by atoms with Crippen molar-refractivity contribution >= 4 is 11.9 Å². The van der Waals surface area contributed by atoms with Crippen molar-refractivity contribution in [3.8, 4) is 0 Å². The Balaban J connectivity index is 3.51. The van der Waals surface area contributed by atoms with Gasteiger partial charge in [-0.2, -0.15) is 0 Å². The number of allylic oxidation sites excluding steroid dienone is 4. The number of amides is 1. The van der Waals surface area contributed by atoms with Gasteiger partial charge in [0.2, 0.25) is 5.91 Å². The summed E-state index contributed by atoms with van der Waals surface area (Å²) in [6, 6.07) is -0.558. The third-order valence-corrected chi connectivity index (χ3v) is 11.0. The Kier molecular flexibility index (Phi) is 43.7. The number of carbonyl (C=O) groups excluding carboxylic acids is 2. The van der Waals surface area contributed by atoms with Gasteiger partial charge < -0.3 is 20.3 Å². The van der Waals surface area contributed by atoms with Gasteiger partial charge in [0.15, 0.2) is 0 Å². The maximum Gasteiger partial charge on any atom is 0.305 e. The SMILES string of the molecule is CCCCCCCC/C=C\CCCCCCCC(=O)OCCCCC/C=C\CCCCCCCC(=O)NC(CO)C(O)CCCCCCCCCCCCC. The molecule has 0 saturated carbocycles. The highest BCUT2D eigenvalue weighted by molar-refractivity contribution is 5.76. The smallest absolute Gasteiger partial charge is 0.305 e. The summed E-state index contributed by atoms with van der Waals surface area (Å²) in [5, 5.41) is 23.1. The lowest BCUT2D eigenvalue weighted by Gasteiger charge is -2.22. The van der Waals surface area contributed by atoms with Gasteiger partial charge in [-0.1, -0.05) is 179 Å². The van der Waals surface area contributed by atoms with Crippen LogP contribution in [0.15, 0.2) is 24.3 Å². The number of unbranched alkanes of at least 4 members (excludes halogenated alkanes) is 29. The molecule has 0 saturated heterocycles. The van der Waals surface area contributed by atoms with Gasteiger partial charge in [0.1, 0.15) is 0 Å². The monoisotopic (exact) mass is 776 g/mol. The Hall–Kier alpha value is -1.66. The van der Waals surface area contributed by atoms with E-state index >= 15 is 0 Å². The van der Waals surface area contributed by atoms with Gasteiger partial charge in [0.05, 0.1) is 25.4 Å². The molecule has 0 aliphatic carbocycles. The van der Waals surface area contributed by atoms with Crippen LogP contribution in [-0.4, -0.2) is 47.4 Å². The number of aliphatic hydroxyl groups is 2. The number of carbonyl (C=O) groups is 2. The summed E-state index contributed by atoms with van der Waals surface area (Å²) in [6.07, 6.45) is 51.4. The number of hydrogen-bond donors (Lipinski definition) is 3. The number of ether oxygens (including phenoxy) is 1. The van der Waals surface area contributed by atoms with Crippen LogP contribution in [0.4, 0.5) is 0 Å². The normalized spacial score (nSPS) is 12.9. The van der Waals surface area contributed by atoms with Gasteiger partial charge in [-0.25, -0.2) is 0 Å². The maximum absolute atomic E-state index is 12.4. The summed E-state index contributed by atoms with van der Waals surface area (Å²) < 4.78 is 5.43. The second kappa shape index (κ2) is 45.0. The summed E-state index contributed by atoms with van der Waals surface area (Å²) in [7, 11) is 0. The minimum atomic E-state index is -0.678. The Morgan fingerprint density at radius 2 is 0.855 bits per heavy atom. The molecule has 55 heavy (non-hydrogen) atoms. The second-order valence-corrected chi connectivity index (χ2v) is 16.4. The molecule has 0 fully saturated rings. The van der Waals surface area contributed by atoms with Gasteiger partial charge in [-0.05, 0) is 83.5 Å². The quantitative estimate of drug-likeness (QED) is 0.0325. The van der Waals surface area contributed by atoms with E-state index < -0.39 is 12.1 Å². The van der Waals surface area contributed by atoms with Crippen LogP contribution < -0.4 is 5.32 Å². The molecule has 1 amide bonds. The van der Waals surface area contributed by atoms with E-state index in [4.69, 9.17) is 4.74 Å². The fraction of sp³-hybridized carbons (Fsp3) is 0.878. The molecule has 0 aromatic carbocycles. The first-order valence-electron chi connectivity index (χ1n) is 24.1. The van der Waals surface area contributed by atoms with E-state index in [1.54, 1.807) is 0 Å². The molecule has 0 aromatic heterocycles. The van der Waals surface area contributed by atoms with Crippen LogP contribution in [0.1, 0.15) is 251 Å². The average Bonchev–Trinajstić information content (AvgIpc) is 3.18. The van der Waals surface area contributed by atoms with Crippen LogP contribution in [0.25, 0.3) is 0 Å². The first-order chi connectivity index (χ1) is 27.0. The highest BCUT2D eigenvalue weighted by Crippen LogP contribution is 2.15. The van der Waals surface area contributed by atoms with E-state index in [0.717, 1.165) is 77.0 Å². The molecule has 0 aliphatic heterocycles. The Morgan fingerprint density at radius 3 is 1.29 bits per heavy atom. The van der Waals surface area contributed by atoms with Gasteiger partial charge in [0, 0.05) is 12.8 Å². The number of nitrogens with one attached hydrogen (secondary N) is 1. The summed E-state index contributed by atoms with van der Waals surface area (Å²) >= 11 is 0. The van der Waals surface area contributed by atoms with Crippen molar-refractivity contribution in [2.45, 2.75) is 264 Å². The molecule has 6 heteroatoms. The van der Waals surface area contributed by atoms with Crippen molar-refractivity contribution in [1.29, 1.82) is 0 Å². The fourth-order valence-corrected chi connectivity index (χ4v) is 7.21. The molecule has 0 rings (SSSR count). The molecule has 0 bridgehead atoms. The third kappa shape index (κ3) is 41.8. The van der Waals surface area contributed by atoms with Gasteiger partial charge in [-0.15, -0.1) is 0 Å². The number of aliphatic hydroxyl groups excluding tert-OH is 2. The van der Waals surface area contributed by atoms with Crippen molar-refractivity contribution in [2.75, 3.05) is 13.2 Å². The molecule has 3 N–H and O–H groups in total. The zero-order chi connectivity index (χ0) is 40.1. The summed E-state index contributed by atoms with van der Waals surface area (Å²) in [5.74, 6) is -0.0944. The molecule has 0 spiro atoms. The van der Waals surface area contributed by atoms with Gasteiger partial charge >= 0.3 is 5.97 Å². The summed E-state index contributed by atoms with van der Waals surface area (Å²) in [6.45, 7) is 4.86. The molecule has 0 aromatic rings. The minimum absolute atomic E-state index is 0.0313. The largest absolute Gasteiger partial charge is 0.466 e. The number of hydrogen-bond acceptors (Lipinski definition) is 5. The van der Waals surface area contributed by atoms with E-state index in [-0.39, 0.29) is 18.5 Å². The van der Waals surface area contributed by atoms with Crippen LogP contribution in [0.3, 0.4) is 0 Å². The zero-order valence-electron chi connectivity index (χ0n) is 36.7. The van der Waals surface area contributed by atoms with Crippen molar-refractivity contribution < 1.29 is 24.5 Å². The molecule has 0 radical (unpaired) electrons. The molecule has 2 unspecified atom stereocenters. The van der Waals surface area contributed by atoms with Crippen molar-refractivity contribution in [3.63, 3.8) is 0 Å². The highest BCUT2D eigenvalue weighted by Gasteiger charge is 2.20. The van der Waals surface area contributed by atoms with Crippen molar-refractivity contribution in [1.82, 2.24) is 5.32 Å². The Bertz CT molecular complexity index is 858. The Labute approximate surface area is 341 Å². The van der Waals surface area contributed by atoms with Crippen molar-refractivity contribution in [2.24, 2.45) is 0 Å². The first kappa shape index (κ1) is 53.3. The zero-order valence-corrected chi connectivity index (χ0v) is 36.7. The second-order valence-electron chi connectivity index (χ2n) is 16.4. The fourth-order valence-electron chi connectivity index (χ4n) is 7.21. The van der Waals surface area contributed by atoms with Crippen LogP contribution >= 0.6 is 0 Å². The standard InChI is InChI=1S/C49H93NO5/c1-3-5-7-9-11-13-15-16-17-18-23-27-31-35-39-43-49(54)55-44-40-36-32-28-24-20-19-22-26-30-34-38-42-48(53)50-46(45-51)47(52)41-37-33-29-25-21-14-12-10-8-6-4-2/h16-17,20,24,46-47,51-52H,3-15,18-19,21-23,25-45H2,1-2H3,(H,50,53)/b17-16-,24-20-. The predicted molar refractivity (Wildman–Crippen MR) is 236 cm³/mol. The van der Waals surface area contributed by atoms with Crippen LogP contribution in [-0.2, 0) is 14.3 Å². The lowest BCUT2D eigenvalue weighted by Crippen LogP contribution is -2.45. The minimum Gasteiger partial charge on any atom is -0.466 e. The first-order valence-corrected chi connectivity index (χ1v) is 24.1. The molecule has 0 aliphatic rings. The number of rotatable bonds is 44. The molecule has 324 valence electrons. The lowest BCUT2D eigenvalue weighted by molar-refractivity contribution is -0.143. The highest BCUT2D eigenvalue weighted by atomic mass is 16.5. The average molecular weight is 776 g/mol. The van der Waals surface area contributed by atoms with E-state index in [2.05, 4.69) is 43.5 Å². The van der Waals surface area contributed by atoms with E-state index in [0.29, 0.717) is 25.9 Å². The maximum atomic E-state index is 12.4. The van der Waals surface area contributed by atoms with E-state index in [1.807, 2.05) is 0 Å². The van der Waals surface area contributed by atoms with Gasteiger partial charge in [0.25, 0.3) is 0 Å². The summed E-state index contributed by atoms with van der Waals surface area (Å²) in [4.78, 5) is 24.4. The molecule has 2 atom stereocenters. The van der Waals surface area contributed by atoms with Gasteiger partial charge in [-0.3, -0.25) is 9.59 Å². The third-order valence-electron chi connectivity index (χ3n) is 11.0. The van der Waals surface area contributed by atoms with Crippen LogP contribution in [0.2, 0.25) is 0 Å².